The van der Waals surface area contributed by atoms with Gasteiger partial charge in [-0.2, -0.15) is 0 Å². The molecule has 0 fully saturated rings. The van der Waals surface area contributed by atoms with Crippen LogP contribution < -0.4 is 5.32 Å². The molecule has 0 aromatic rings. The maximum absolute atomic E-state index is 11.8. The van der Waals surface area contributed by atoms with Crippen LogP contribution in [0.5, 0.6) is 0 Å². The van der Waals surface area contributed by atoms with E-state index in [0.29, 0.717) is 52.7 Å². The second-order valence-electron chi connectivity index (χ2n) is 4.76. The fourth-order valence-corrected chi connectivity index (χ4v) is 1.97. The Labute approximate surface area is 142 Å². The van der Waals surface area contributed by atoms with E-state index in [2.05, 4.69) is 20.3 Å². The van der Waals surface area contributed by atoms with E-state index in [4.69, 9.17) is 19.7 Å². The molecule has 0 aliphatic rings. The van der Waals surface area contributed by atoms with Crippen molar-refractivity contribution in [3.8, 4) is 0 Å². The molecule has 0 aromatic carbocycles. The topological polar surface area (TPSA) is 106 Å². The summed E-state index contributed by atoms with van der Waals surface area (Å²) >= 11 is -0.301. The third kappa shape index (κ3) is 12.0. The zero-order valence-electron chi connectivity index (χ0n) is 13.5. The van der Waals surface area contributed by atoms with Gasteiger partial charge in [-0.25, -0.2) is 0 Å². The average molecular weight is 430 g/mol. The van der Waals surface area contributed by atoms with Crippen molar-refractivity contribution in [3.05, 3.63) is 10.4 Å². The fraction of sp³-hybridized carbons (Fsp3) is 0.923. The van der Waals surface area contributed by atoms with Crippen molar-refractivity contribution in [2.24, 2.45) is 5.11 Å². The molecule has 0 rings (SSSR count). The minimum absolute atomic E-state index is 0.107. The maximum atomic E-state index is 11.8. The Bertz CT molecular complexity index is 349. The van der Waals surface area contributed by atoms with Gasteiger partial charge in [0.25, 0.3) is 0 Å². The van der Waals surface area contributed by atoms with Crippen molar-refractivity contribution in [1.82, 2.24) is 5.32 Å². The van der Waals surface area contributed by atoms with Gasteiger partial charge >= 0.3 is 113 Å². The van der Waals surface area contributed by atoms with Crippen molar-refractivity contribution in [2.75, 3.05) is 52.7 Å². The first-order valence-corrected chi connectivity index (χ1v) is 10.6. The number of amides is 1. The summed E-state index contributed by atoms with van der Waals surface area (Å²) in [6, 6.07) is 0. The van der Waals surface area contributed by atoms with E-state index in [1.807, 2.05) is 13.8 Å². The summed E-state index contributed by atoms with van der Waals surface area (Å²) in [6.45, 7) is 7.62. The molecule has 0 saturated heterocycles. The van der Waals surface area contributed by atoms with Crippen LogP contribution in [0.25, 0.3) is 10.4 Å². The summed E-state index contributed by atoms with van der Waals surface area (Å²) in [5.41, 5.74) is 8.05. The molecule has 9 heteroatoms. The van der Waals surface area contributed by atoms with E-state index in [1.54, 1.807) is 0 Å². The van der Waals surface area contributed by atoms with Gasteiger partial charge in [-0.3, -0.25) is 0 Å². The number of hydrogen-bond donors (Lipinski definition) is 1. The number of ether oxygens (including phenoxy) is 3. The van der Waals surface area contributed by atoms with Crippen LogP contribution in [0.15, 0.2) is 5.11 Å². The summed E-state index contributed by atoms with van der Waals surface area (Å²) in [4.78, 5) is 16.5. The third-order valence-corrected chi connectivity index (χ3v) is 6.17. The average Bonchev–Trinajstić information content (AvgIpc) is 2.51. The normalized spacial score (nSPS) is 11.0. The standard InChI is InChI=1S/C13H26N4O4Te/c1-13(2,22-3)12(18)15-4-6-19-8-10-21-11-9-20-7-5-16-17-14/h4-11H2,1-3H3,(H,15,18). The molecule has 1 N–H and O–H groups in total. The van der Waals surface area contributed by atoms with Crippen LogP contribution in [0.4, 0.5) is 0 Å². The Morgan fingerprint density at radius 1 is 1.14 bits per heavy atom. The van der Waals surface area contributed by atoms with E-state index in [0.717, 1.165) is 0 Å². The molecule has 0 heterocycles. The molecule has 0 aliphatic heterocycles. The molecular formula is C13H26N4O4Te. The number of hydrogen-bond acceptors (Lipinski definition) is 5. The van der Waals surface area contributed by atoms with Gasteiger partial charge in [0.05, 0.1) is 6.61 Å². The summed E-state index contributed by atoms with van der Waals surface area (Å²) in [5, 5.41) is 6.23. The Morgan fingerprint density at radius 3 is 2.23 bits per heavy atom. The van der Waals surface area contributed by atoms with E-state index in [9.17, 15) is 4.79 Å². The van der Waals surface area contributed by atoms with Crippen molar-refractivity contribution >= 4 is 26.8 Å². The van der Waals surface area contributed by atoms with E-state index in [-0.39, 0.29) is 30.3 Å². The van der Waals surface area contributed by atoms with Crippen LogP contribution in [0, 0.1) is 0 Å². The van der Waals surface area contributed by atoms with Crippen molar-refractivity contribution in [2.45, 2.75) is 22.3 Å². The molecular weight excluding hydrogens is 404 g/mol. The molecule has 1 amide bonds. The Morgan fingerprint density at radius 2 is 1.68 bits per heavy atom. The molecule has 0 saturated carbocycles. The fourth-order valence-electron chi connectivity index (χ4n) is 1.23. The number of carbonyl (C=O) groups is 1. The third-order valence-electron chi connectivity index (χ3n) is 2.73. The first-order chi connectivity index (χ1) is 10.5. The van der Waals surface area contributed by atoms with Gasteiger partial charge in [0, 0.05) is 11.5 Å². The molecule has 128 valence electrons. The minimum atomic E-state index is -0.301. The molecule has 22 heavy (non-hydrogen) atoms. The summed E-state index contributed by atoms with van der Waals surface area (Å²) in [5.74, 6) is 0.107. The Balaban J connectivity index is 3.27. The van der Waals surface area contributed by atoms with Crippen LogP contribution in [0.1, 0.15) is 13.8 Å². The predicted octanol–water partition coefficient (Wildman–Crippen LogP) is 1.41. The Hall–Kier alpha value is -0.550. The molecule has 8 nitrogen and oxygen atoms in total. The van der Waals surface area contributed by atoms with Crippen LogP contribution >= 0.6 is 0 Å². The molecule has 0 unspecified atom stereocenters. The first kappa shape index (κ1) is 21.4. The van der Waals surface area contributed by atoms with Gasteiger partial charge < -0.3 is 0 Å². The number of azide groups is 1. The molecule has 0 bridgehead atoms. The monoisotopic (exact) mass is 432 g/mol. The summed E-state index contributed by atoms with van der Waals surface area (Å²) in [6.07, 6.45) is 0. The quantitative estimate of drug-likeness (QED) is 0.148. The van der Waals surface area contributed by atoms with E-state index < -0.39 is 0 Å². The molecule has 0 aliphatic carbocycles. The zero-order valence-corrected chi connectivity index (χ0v) is 15.9. The molecule has 0 spiro atoms. The van der Waals surface area contributed by atoms with E-state index >= 15 is 0 Å². The van der Waals surface area contributed by atoms with Crippen LogP contribution in [0.2, 0.25) is 8.43 Å². The van der Waals surface area contributed by atoms with Crippen molar-refractivity contribution in [3.63, 3.8) is 0 Å². The van der Waals surface area contributed by atoms with Crippen molar-refractivity contribution < 1.29 is 19.0 Å². The van der Waals surface area contributed by atoms with Gasteiger partial charge in [-0.15, -0.1) is 0 Å². The second kappa shape index (κ2) is 14.1. The minimum Gasteiger partial charge on any atom is -0.0916 e. The van der Waals surface area contributed by atoms with Gasteiger partial charge in [-0.1, -0.05) is 5.11 Å². The van der Waals surface area contributed by atoms with Crippen LogP contribution in [0.3, 0.4) is 0 Å². The van der Waals surface area contributed by atoms with Gasteiger partial charge in [0.15, 0.2) is 0 Å². The molecule has 0 aromatic heterocycles. The first-order valence-electron chi connectivity index (χ1n) is 7.12. The summed E-state index contributed by atoms with van der Waals surface area (Å²) in [7, 11) is 0. The smallest absolute Gasteiger partial charge is 0.0916 e. The van der Waals surface area contributed by atoms with Gasteiger partial charge in [0.2, 0.25) is 0 Å². The Kier molecular flexibility index (Phi) is 13.7. The molecule has 0 radical (unpaired) electrons. The number of carbonyl (C=O) groups excluding carboxylic acids is 1. The molecule has 0 atom stereocenters. The number of nitrogens with one attached hydrogen (secondary N) is 1. The predicted molar refractivity (Wildman–Crippen MR) is 85.1 cm³/mol. The van der Waals surface area contributed by atoms with Crippen molar-refractivity contribution in [1.29, 1.82) is 0 Å². The summed E-state index contributed by atoms with van der Waals surface area (Å²) < 4.78 is 15.6. The second-order valence-corrected chi connectivity index (χ2v) is 8.84. The van der Waals surface area contributed by atoms with Crippen LogP contribution in [-0.2, 0) is 19.0 Å². The van der Waals surface area contributed by atoms with E-state index in [1.165, 1.54) is 0 Å². The van der Waals surface area contributed by atoms with Crippen LogP contribution in [-0.4, -0.2) is 79.6 Å². The number of nitrogens with zero attached hydrogens (tertiary/aromatic N) is 3. The SMILES string of the molecule is C[Te]C(C)(C)C(=O)NCCOCCOCCOCCN=[N+]=[N-]. The number of rotatable bonds is 14. The van der Waals surface area contributed by atoms with Gasteiger partial charge in [-0.05, 0) is 5.53 Å². The van der Waals surface area contributed by atoms with Gasteiger partial charge in [0.1, 0.15) is 0 Å². The zero-order chi connectivity index (χ0) is 16.7.